The molecule has 0 spiro atoms. The van der Waals surface area contributed by atoms with Gasteiger partial charge in [0.1, 0.15) is 17.5 Å². The van der Waals surface area contributed by atoms with Gasteiger partial charge in [0.15, 0.2) is 0 Å². The highest BCUT2D eigenvalue weighted by Crippen LogP contribution is 2.17. The molecule has 104 valence electrons. The molecule has 0 unspecified atom stereocenters. The van der Waals surface area contributed by atoms with Gasteiger partial charge in [0.25, 0.3) is 0 Å². The van der Waals surface area contributed by atoms with Crippen molar-refractivity contribution in [1.29, 1.82) is 0 Å². The molecule has 1 heterocycles. The van der Waals surface area contributed by atoms with Crippen molar-refractivity contribution >= 4 is 17.3 Å². The zero-order valence-corrected chi connectivity index (χ0v) is 12.2. The van der Waals surface area contributed by atoms with Crippen molar-refractivity contribution in [3.8, 4) is 5.75 Å². The first-order valence-electron chi connectivity index (χ1n) is 6.37. The first-order chi connectivity index (χ1) is 9.69. The molecule has 0 fully saturated rings. The first-order valence-corrected chi connectivity index (χ1v) is 6.75. The smallest absolute Gasteiger partial charge is 0.132 e. The Kier molecular flexibility index (Phi) is 5.02. The van der Waals surface area contributed by atoms with Crippen molar-refractivity contribution in [1.82, 2.24) is 4.98 Å². The first kappa shape index (κ1) is 14.4. The molecule has 1 N–H and O–H groups in total. The van der Waals surface area contributed by atoms with Crippen molar-refractivity contribution < 1.29 is 4.74 Å². The molecular weight excluding hydrogens is 272 g/mol. The Hall–Kier alpha value is -2.00. The zero-order valence-electron chi connectivity index (χ0n) is 11.4. The van der Waals surface area contributed by atoms with E-state index in [4.69, 9.17) is 16.3 Å². The second-order valence-electron chi connectivity index (χ2n) is 4.43. The van der Waals surface area contributed by atoms with Crippen LogP contribution in [0.2, 0.25) is 5.15 Å². The van der Waals surface area contributed by atoms with Crippen LogP contribution in [0, 0.1) is 6.92 Å². The van der Waals surface area contributed by atoms with Gasteiger partial charge in [-0.25, -0.2) is 4.98 Å². The molecule has 2 rings (SSSR count). The lowest BCUT2D eigenvalue weighted by molar-refractivity contribution is 0.363. The van der Waals surface area contributed by atoms with Crippen LogP contribution in [-0.2, 0) is 6.54 Å². The lowest BCUT2D eigenvalue weighted by Crippen LogP contribution is -2.00. The number of aryl methyl sites for hydroxylation is 1. The molecule has 1 aromatic heterocycles. The van der Waals surface area contributed by atoms with Gasteiger partial charge in [0.2, 0.25) is 0 Å². The molecule has 4 heteroatoms. The van der Waals surface area contributed by atoms with Crippen LogP contribution < -0.4 is 10.1 Å². The predicted octanol–water partition coefficient (Wildman–Crippen LogP) is 4.22. The van der Waals surface area contributed by atoms with Crippen molar-refractivity contribution in [3.63, 3.8) is 0 Å². The van der Waals surface area contributed by atoms with E-state index in [1.807, 2.05) is 37.3 Å². The second kappa shape index (κ2) is 6.96. The number of halogens is 1. The van der Waals surface area contributed by atoms with Gasteiger partial charge in [0, 0.05) is 6.54 Å². The summed E-state index contributed by atoms with van der Waals surface area (Å²) in [6.45, 7) is 6.80. The van der Waals surface area contributed by atoms with Crippen molar-refractivity contribution in [2.75, 3.05) is 11.9 Å². The molecule has 20 heavy (non-hydrogen) atoms. The van der Waals surface area contributed by atoms with E-state index in [0.29, 0.717) is 11.8 Å². The molecule has 1 aromatic carbocycles. The largest absolute Gasteiger partial charge is 0.490 e. The summed E-state index contributed by atoms with van der Waals surface area (Å²) >= 11 is 5.90. The minimum absolute atomic E-state index is 0.521. The van der Waals surface area contributed by atoms with Crippen LogP contribution in [0.4, 0.5) is 5.69 Å². The molecule has 0 radical (unpaired) electrons. The normalized spacial score (nSPS) is 10.1. The molecule has 0 saturated heterocycles. The Morgan fingerprint density at radius 1 is 1.35 bits per heavy atom. The van der Waals surface area contributed by atoms with Gasteiger partial charge in [-0.15, -0.1) is 0 Å². The Labute approximate surface area is 124 Å². The summed E-state index contributed by atoms with van der Waals surface area (Å²) in [6.07, 6.45) is 3.46. The van der Waals surface area contributed by atoms with E-state index in [2.05, 4.69) is 16.9 Å². The lowest BCUT2D eigenvalue weighted by atomic mass is 10.2. The third-order valence-electron chi connectivity index (χ3n) is 2.80. The van der Waals surface area contributed by atoms with Gasteiger partial charge in [-0.1, -0.05) is 36.4 Å². The number of nitrogens with one attached hydrogen (secondary N) is 1. The maximum atomic E-state index is 5.90. The fourth-order valence-corrected chi connectivity index (χ4v) is 1.82. The Morgan fingerprint density at radius 2 is 2.10 bits per heavy atom. The van der Waals surface area contributed by atoms with E-state index in [1.165, 1.54) is 5.56 Å². The fourth-order valence-electron chi connectivity index (χ4n) is 1.72. The highest BCUT2D eigenvalue weighted by atomic mass is 35.5. The van der Waals surface area contributed by atoms with E-state index in [-0.39, 0.29) is 0 Å². The van der Waals surface area contributed by atoms with Gasteiger partial charge in [-0.2, -0.15) is 0 Å². The highest BCUT2D eigenvalue weighted by molar-refractivity contribution is 6.30. The molecule has 0 aliphatic rings. The van der Waals surface area contributed by atoms with Gasteiger partial charge in [-0.3, -0.25) is 0 Å². The minimum atomic E-state index is 0.521. The van der Waals surface area contributed by atoms with Crippen molar-refractivity contribution in [3.05, 3.63) is 65.5 Å². The van der Waals surface area contributed by atoms with E-state index < -0.39 is 0 Å². The number of aromatic nitrogens is 1. The third kappa shape index (κ3) is 4.00. The maximum Gasteiger partial charge on any atom is 0.132 e. The fraction of sp³-hybridized carbons (Fsp3) is 0.188. The maximum absolute atomic E-state index is 5.90. The van der Waals surface area contributed by atoms with Crippen molar-refractivity contribution in [2.24, 2.45) is 0 Å². The summed E-state index contributed by atoms with van der Waals surface area (Å²) in [7, 11) is 0. The Bertz CT molecular complexity index is 582. The summed E-state index contributed by atoms with van der Waals surface area (Å²) in [5, 5.41) is 3.85. The van der Waals surface area contributed by atoms with Crippen LogP contribution in [0.25, 0.3) is 0 Å². The number of anilines is 1. The molecule has 0 amide bonds. The van der Waals surface area contributed by atoms with Crippen LogP contribution in [0.15, 0.2) is 49.2 Å². The quantitative estimate of drug-likeness (QED) is 0.638. The number of hydrogen-bond acceptors (Lipinski definition) is 3. The number of hydrogen-bond donors (Lipinski definition) is 1. The molecule has 0 aliphatic heterocycles. The van der Waals surface area contributed by atoms with Crippen LogP contribution in [0.1, 0.15) is 11.1 Å². The Balaban J connectivity index is 1.93. The molecule has 0 aliphatic carbocycles. The molecule has 0 bridgehead atoms. The number of rotatable bonds is 6. The third-order valence-corrected chi connectivity index (χ3v) is 3.20. The van der Waals surface area contributed by atoms with Crippen LogP contribution >= 0.6 is 11.6 Å². The van der Waals surface area contributed by atoms with E-state index in [0.717, 1.165) is 23.5 Å². The topological polar surface area (TPSA) is 34.1 Å². The monoisotopic (exact) mass is 288 g/mol. The second-order valence-corrected chi connectivity index (χ2v) is 4.79. The highest BCUT2D eigenvalue weighted by Gasteiger charge is 2.00. The van der Waals surface area contributed by atoms with E-state index in [1.54, 1.807) is 12.3 Å². The number of pyridine rings is 1. The molecular formula is C16H17ClN2O. The van der Waals surface area contributed by atoms with E-state index in [9.17, 15) is 0 Å². The van der Waals surface area contributed by atoms with Gasteiger partial charge >= 0.3 is 0 Å². The van der Waals surface area contributed by atoms with Gasteiger partial charge < -0.3 is 10.1 Å². The summed E-state index contributed by atoms with van der Waals surface area (Å²) in [5.74, 6) is 0.845. The summed E-state index contributed by atoms with van der Waals surface area (Å²) in [4.78, 5) is 4.11. The molecule has 0 saturated carbocycles. The van der Waals surface area contributed by atoms with Crippen LogP contribution in [0.3, 0.4) is 0 Å². The molecule has 3 nitrogen and oxygen atoms in total. The zero-order chi connectivity index (χ0) is 14.4. The van der Waals surface area contributed by atoms with Gasteiger partial charge in [-0.05, 0) is 36.2 Å². The van der Waals surface area contributed by atoms with Crippen molar-refractivity contribution in [2.45, 2.75) is 13.5 Å². The minimum Gasteiger partial charge on any atom is -0.490 e. The number of benzene rings is 1. The lowest BCUT2D eigenvalue weighted by Gasteiger charge is -2.08. The van der Waals surface area contributed by atoms with Gasteiger partial charge in [0.05, 0.1) is 11.9 Å². The molecule has 0 atom stereocenters. The Morgan fingerprint density at radius 3 is 2.75 bits per heavy atom. The number of ether oxygens (including phenoxy) is 1. The predicted molar refractivity (Wildman–Crippen MR) is 83.4 cm³/mol. The average Bonchev–Trinajstić information content (AvgIpc) is 2.47. The van der Waals surface area contributed by atoms with Crippen LogP contribution in [-0.4, -0.2) is 11.6 Å². The van der Waals surface area contributed by atoms with E-state index >= 15 is 0 Å². The summed E-state index contributed by atoms with van der Waals surface area (Å²) < 4.78 is 5.44. The standard InChI is InChI=1S/C16H17ClN2O/c1-3-8-20-15-6-4-13(5-7-15)10-18-14-9-12(2)16(17)19-11-14/h3-7,9,11,18H,1,8,10H2,2H3. The number of nitrogens with zero attached hydrogens (tertiary/aromatic N) is 1. The summed E-state index contributed by atoms with van der Waals surface area (Å²) in [5.41, 5.74) is 3.09. The SMILES string of the molecule is C=CCOc1ccc(CNc2cnc(Cl)c(C)c2)cc1. The molecule has 2 aromatic rings. The average molecular weight is 289 g/mol. The summed E-state index contributed by atoms with van der Waals surface area (Å²) in [6, 6.07) is 9.94. The van der Waals surface area contributed by atoms with Crippen LogP contribution in [0.5, 0.6) is 5.75 Å².